The molecule has 6 heteroatoms. The first-order valence-electron chi connectivity index (χ1n) is 8.70. The van der Waals surface area contributed by atoms with E-state index in [2.05, 4.69) is 27.2 Å². The summed E-state index contributed by atoms with van der Waals surface area (Å²) in [5.41, 5.74) is 1.21. The highest BCUT2D eigenvalue weighted by Gasteiger charge is 2.02. The molecule has 1 aromatic carbocycles. The average Bonchev–Trinajstić information content (AvgIpc) is 2.60. The second-order valence-electron chi connectivity index (χ2n) is 6.04. The molecule has 1 rings (SSSR count). The zero-order valence-corrected chi connectivity index (χ0v) is 18.0. The van der Waals surface area contributed by atoms with E-state index in [0.717, 1.165) is 44.6 Å². The molecular formula is C19H32IN3O2. The molecule has 0 saturated heterocycles. The van der Waals surface area contributed by atoms with E-state index >= 15 is 0 Å². The number of halogens is 1. The van der Waals surface area contributed by atoms with Gasteiger partial charge < -0.3 is 15.0 Å². The molecule has 0 spiro atoms. The second-order valence-corrected chi connectivity index (χ2v) is 6.04. The number of unbranched alkanes of at least 4 members (excludes halogenated alkanes) is 4. The van der Waals surface area contributed by atoms with Crippen LogP contribution in [0.3, 0.4) is 0 Å². The average molecular weight is 461 g/mol. The van der Waals surface area contributed by atoms with E-state index < -0.39 is 0 Å². The van der Waals surface area contributed by atoms with Gasteiger partial charge in [0.2, 0.25) is 0 Å². The maximum Gasteiger partial charge on any atom is 0.305 e. The number of hydrogen-bond donors (Lipinski definition) is 1. The van der Waals surface area contributed by atoms with Gasteiger partial charge in [0.25, 0.3) is 0 Å². The summed E-state index contributed by atoms with van der Waals surface area (Å²) in [5.74, 6) is 0.812. The Morgan fingerprint density at radius 2 is 1.72 bits per heavy atom. The van der Waals surface area contributed by atoms with Crippen molar-refractivity contribution in [3.8, 4) is 0 Å². The largest absolute Gasteiger partial charge is 0.469 e. The highest BCUT2D eigenvalue weighted by molar-refractivity contribution is 14.0. The molecule has 0 atom stereocenters. The third-order valence-corrected chi connectivity index (χ3v) is 3.75. The van der Waals surface area contributed by atoms with Gasteiger partial charge in [0.15, 0.2) is 5.96 Å². The summed E-state index contributed by atoms with van der Waals surface area (Å²) in [4.78, 5) is 17.7. The molecule has 0 bridgehead atoms. The number of methoxy groups -OCH3 is 1. The van der Waals surface area contributed by atoms with Crippen molar-refractivity contribution in [1.29, 1.82) is 0 Å². The van der Waals surface area contributed by atoms with E-state index in [4.69, 9.17) is 0 Å². The molecule has 0 saturated carbocycles. The van der Waals surface area contributed by atoms with Gasteiger partial charge in [0.1, 0.15) is 0 Å². The monoisotopic (exact) mass is 461 g/mol. The Labute approximate surface area is 169 Å². The van der Waals surface area contributed by atoms with Crippen LogP contribution in [0.4, 0.5) is 0 Å². The van der Waals surface area contributed by atoms with Crippen LogP contribution in [0.15, 0.2) is 35.3 Å². The summed E-state index contributed by atoms with van der Waals surface area (Å²) in [6.45, 7) is 1.61. The second kappa shape index (κ2) is 15.0. The molecule has 25 heavy (non-hydrogen) atoms. The minimum Gasteiger partial charge on any atom is -0.469 e. The van der Waals surface area contributed by atoms with Crippen LogP contribution in [0.1, 0.15) is 44.1 Å². The quantitative estimate of drug-likeness (QED) is 0.189. The third kappa shape index (κ3) is 11.8. The van der Waals surface area contributed by atoms with Gasteiger partial charge in [0, 0.05) is 27.1 Å². The van der Waals surface area contributed by atoms with Crippen molar-refractivity contribution in [2.75, 3.05) is 27.7 Å². The van der Waals surface area contributed by atoms with Crippen molar-refractivity contribution < 1.29 is 9.53 Å². The number of carbonyl (C=O) groups excluding carboxylic acids is 1. The lowest BCUT2D eigenvalue weighted by Crippen LogP contribution is -2.37. The lowest BCUT2D eigenvalue weighted by Gasteiger charge is -2.17. The zero-order chi connectivity index (χ0) is 17.6. The van der Waals surface area contributed by atoms with E-state index in [9.17, 15) is 4.79 Å². The molecule has 1 aromatic rings. The van der Waals surface area contributed by atoms with Crippen LogP contribution >= 0.6 is 24.0 Å². The van der Waals surface area contributed by atoms with Crippen LogP contribution in [0, 0.1) is 0 Å². The summed E-state index contributed by atoms with van der Waals surface area (Å²) >= 11 is 0. The molecule has 0 aliphatic heterocycles. The lowest BCUT2D eigenvalue weighted by atomic mass is 10.1. The Morgan fingerprint density at radius 3 is 2.36 bits per heavy atom. The van der Waals surface area contributed by atoms with Crippen LogP contribution in [-0.4, -0.2) is 44.6 Å². The first-order chi connectivity index (χ1) is 11.6. The molecular weight excluding hydrogens is 429 g/mol. The molecule has 1 N–H and O–H groups in total. The maximum absolute atomic E-state index is 11.0. The predicted octanol–water partition coefficient (Wildman–Crippen LogP) is 3.83. The minimum absolute atomic E-state index is 0. The number of benzene rings is 1. The molecule has 0 aromatic heterocycles. The van der Waals surface area contributed by atoms with Gasteiger partial charge in [-0.25, -0.2) is 4.99 Å². The third-order valence-electron chi connectivity index (χ3n) is 3.75. The number of aliphatic imine (C=N–C) groups is 1. The summed E-state index contributed by atoms with van der Waals surface area (Å²) in [6.07, 6.45) is 5.95. The number of nitrogens with zero attached hydrogens (tertiary/aromatic N) is 2. The Balaban J connectivity index is 0.00000576. The number of ether oxygens (including phenoxy) is 1. The van der Waals surface area contributed by atoms with Crippen LogP contribution in [0.25, 0.3) is 0 Å². The van der Waals surface area contributed by atoms with Gasteiger partial charge in [-0.2, -0.15) is 0 Å². The number of nitrogens with one attached hydrogen (secondary N) is 1. The highest BCUT2D eigenvalue weighted by Crippen LogP contribution is 2.06. The molecule has 0 amide bonds. The number of guanidine groups is 1. The van der Waals surface area contributed by atoms with Gasteiger partial charge in [-0.15, -0.1) is 24.0 Å². The Bertz CT molecular complexity index is 493. The van der Waals surface area contributed by atoms with Crippen molar-refractivity contribution in [2.24, 2.45) is 4.99 Å². The summed E-state index contributed by atoms with van der Waals surface area (Å²) < 4.78 is 4.63. The van der Waals surface area contributed by atoms with E-state index in [-0.39, 0.29) is 29.9 Å². The minimum atomic E-state index is -0.109. The fourth-order valence-corrected chi connectivity index (χ4v) is 2.33. The predicted molar refractivity (Wildman–Crippen MR) is 114 cm³/mol. The van der Waals surface area contributed by atoms with E-state index in [1.54, 1.807) is 0 Å². The van der Waals surface area contributed by atoms with E-state index in [0.29, 0.717) is 13.0 Å². The van der Waals surface area contributed by atoms with Gasteiger partial charge >= 0.3 is 5.97 Å². The van der Waals surface area contributed by atoms with Crippen LogP contribution in [0.5, 0.6) is 0 Å². The Kier molecular flexibility index (Phi) is 14.2. The fourth-order valence-electron chi connectivity index (χ4n) is 2.33. The number of rotatable bonds is 10. The summed E-state index contributed by atoms with van der Waals surface area (Å²) in [6, 6.07) is 10.3. The Morgan fingerprint density at radius 1 is 1.08 bits per heavy atom. The first-order valence-corrected chi connectivity index (χ1v) is 8.70. The van der Waals surface area contributed by atoms with Crippen LogP contribution in [-0.2, 0) is 16.1 Å². The first kappa shape index (κ1) is 23.7. The van der Waals surface area contributed by atoms with Gasteiger partial charge in [-0.3, -0.25) is 4.79 Å². The van der Waals surface area contributed by atoms with Crippen molar-refractivity contribution >= 4 is 35.9 Å². The lowest BCUT2D eigenvalue weighted by molar-refractivity contribution is -0.140. The maximum atomic E-state index is 11.0. The Hall–Kier alpha value is -1.31. The van der Waals surface area contributed by atoms with Crippen molar-refractivity contribution in [1.82, 2.24) is 10.2 Å². The van der Waals surface area contributed by atoms with E-state index in [1.165, 1.54) is 12.7 Å². The van der Waals surface area contributed by atoms with Crippen molar-refractivity contribution in [3.05, 3.63) is 35.9 Å². The van der Waals surface area contributed by atoms with Gasteiger partial charge in [0.05, 0.1) is 13.7 Å². The molecule has 0 radical (unpaired) electrons. The molecule has 5 nitrogen and oxygen atoms in total. The smallest absolute Gasteiger partial charge is 0.305 e. The standard InChI is InChI=1S/C19H31N3O2.HI/c1-22(2)19(21-16-17-12-8-7-9-13-17)20-15-11-6-4-5-10-14-18(23)24-3;/h7-9,12-13H,4-6,10-11,14-16H2,1-3H3,(H,20,21);1H. The summed E-state index contributed by atoms with van der Waals surface area (Å²) in [5, 5.41) is 3.41. The summed E-state index contributed by atoms with van der Waals surface area (Å²) in [7, 11) is 5.45. The van der Waals surface area contributed by atoms with Gasteiger partial charge in [-0.05, 0) is 18.4 Å². The highest BCUT2D eigenvalue weighted by atomic mass is 127. The molecule has 0 unspecified atom stereocenters. The number of hydrogen-bond acceptors (Lipinski definition) is 3. The van der Waals surface area contributed by atoms with E-state index in [1.807, 2.05) is 37.2 Å². The molecule has 0 aliphatic rings. The normalized spacial score (nSPS) is 10.8. The van der Waals surface area contributed by atoms with Gasteiger partial charge in [-0.1, -0.05) is 49.6 Å². The SMILES string of the molecule is COC(=O)CCCCCCCNC(=NCc1ccccc1)N(C)C.I. The molecule has 0 fully saturated rings. The van der Waals surface area contributed by atoms with Crippen LogP contribution < -0.4 is 5.32 Å². The van der Waals surface area contributed by atoms with Crippen molar-refractivity contribution in [2.45, 2.75) is 45.1 Å². The number of esters is 1. The fraction of sp³-hybridized carbons (Fsp3) is 0.579. The topological polar surface area (TPSA) is 53.9 Å². The molecule has 0 aliphatic carbocycles. The zero-order valence-electron chi connectivity index (χ0n) is 15.7. The van der Waals surface area contributed by atoms with Crippen LogP contribution in [0.2, 0.25) is 0 Å². The molecule has 0 heterocycles. The van der Waals surface area contributed by atoms with Crippen molar-refractivity contribution in [3.63, 3.8) is 0 Å². The number of carbonyl (C=O) groups is 1. The molecule has 142 valence electrons.